The average Bonchev–Trinajstić information content (AvgIpc) is 2.43. The monoisotopic (exact) mass is 251 g/mol. The number of fused-ring (bicyclic) bond motifs is 1. The van der Waals surface area contributed by atoms with Crippen LogP contribution in [0.5, 0.6) is 0 Å². The Balaban J connectivity index is 2.10. The van der Waals surface area contributed by atoms with Gasteiger partial charge in [0.05, 0.1) is 5.69 Å². The Hall–Kier alpha value is -0.870. The molecule has 0 atom stereocenters. The van der Waals surface area contributed by atoms with Crippen molar-refractivity contribution in [1.29, 1.82) is 0 Å². The van der Waals surface area contributed by atoms with E-state index in [1.807, 2.05) is 18.3 Å². The van der Waals surface area contributed by atoms with Crippen LogP contribution in [0.25, 0.3) is 5.65 Å². The molecule has 1 aliphatic heterocycles. The molecule has 0 bridgehead atoms. The van der Waals surface area contributed by atoms with Crippen molar-refractivity contribution in [2.75, 3.05) is 13.1 Å². The minimum atomic E-state index is 0.605. The third kappa shape index (κ3) is 1.26. The smallest absolute Gasteiger partial charge is 0.138 e. The van der Waals surface area contributed by atoms with Gasteiger partial charge in [0.2, 0.25) is 0 Å². The summed E-state index contributed by atoms with van der Waals surface area (Å²) in [6.07, 6.45) is 4.15. The third-order valence-electron chi connectivity index (χ3n) is 2.64. The van der Waals surface area contributed by atoms with E-state index in [2.05, 4.69) is 36.8 Å². The number of aromatic nitrogens is 2. The Kier molecular flexibility index (Phi) is 1.85. The van der Waals surface area contributed by atoms with Gasteiger partial charge in [0.25, 0.3) is 0 Å². The maximum atomic E-state index is 4.59. The van der Waals surface area contributed by atoms with E-state index >= 15 is 0 Å². The number of nitrogens with zero attached hydrogens (tertiary/aromatic N) is 2. The lowest BCUT2D eigenvalue weighted by molar-refractivity contribution is 0.441. The summed E-state index contributed by atoms with van der Waals surface area (Å²) in [5, 5.41) is 3.26. The van der Waals surface area contributed by atoms with Crippen molar-refractivity contribution >= 4 is 21.6 Å². The standard InChI is InChI=1S/C10H10BrN3/c11-8-1-2-14-6-9(7-4-12-5-7)13-10(14)3-8/h1-3,6-7,12H,4-5H2. The normalized spacial score (nSPS) is 17.2. The molecule has 2 aromatic heterocycles. The van der Waals surface area contributed by atoms with Gasteiger partial charge in [-0.25, -0.2) is 4.98 Å². The molecule has 0 aliphatic carbocycles. The lowest BCUT2D eigenvalue weighted by atomic mass is 10.0. The van der Waals surface area contributed by atoms with E-state index in [1.165, 1.54) is 5.69 Å². The Morgan fingerprint density at radius 1 is 1.50 bits per heavy atom. The first-order valence-electron chi connectivity index (χ1n) is 4.68. The van der Waals surface area contributed by atoms with Gasteiger partial charge in [-0.05, 0) is 12.1 Å². The van der Waals surface area contributed by atoms with E-state index in [1.54, 1.807) is 0 Å². The summed E-state index contributed by atoms with van der Waals surface area (Å²) in [7, 11) is 0. The predicted octanol–water partition coefficient (Wildman–Crippen LogP) is 1.78. The summed E-state index contributed by atoms with van der Waals surface area (Å²) in [5.41, 5.74) is 2.21. The van der Waals surface area contributed by atoms with Gasteiger partial charge in [-0.15, -0.1) is 0 Å². The molecular formula is C10H10BrN3. The zero-order valence-electron chi connectivity index (χ0n) is 7.57. The van der Waals surface area contributed by atoms with Crippen molar-refractivity contribution in [1.82, 2.24) is 14.7 Å². The molecule has 14 heavy (non-hydrogen) atoms. The van der Waals surface area contributed by atoms with E-state index in [4.69, 9.17) is 0 Å². The summed E-state index contributed by atoms with van der Waals surface area (Å²) >= 11 is 3.44. The Labute approximate surface area is 90.3 Å². The van der Waals surface area contributed by atoms with Crippen molar-refractivity contribution in [3.05, 3.63) is 34.7 Å². The van der Waals surface area contributed by atoms with Crippen LogP contribution in [0.3, 0.4) is 0 Å². The van der Waals surface area contributed by atoms with Gasteiger partial charge >= 0.3 is 0 Å². The van der Waals surface area contributed by atoms with Crippen molar-refractivity contribution in [2.24, 2.45) is 0 Å². The number of halogens is 1. The van der Waals surface area contributed by atoms with Crippen molar-refractivity contribution in [3.63, 3.8) is 0 Å². The molecule has 1 N–H and O–H groups in total. The molecule has 0 amide bonds. The van der Waals surface area contributed by atoms with Crippen molar-refractivity contribution < 1.29 is 0 Å². The number of rotatable bonds is 1. The zero-order valence-corrected chi connectivity index (χ0v) is 9.16. The number of nitrogens with one attached hydrogen (secondary N) is 1. The molecule has 0 saturated carbocycles. The first-order chi connectivity index (χ1) is 6.83. The molecule has 3 nitrogen and oxygen atoms in total. The van der Waals surface area contributed by atoms with Crippen LogP contribution >= 0.6 is 15.9 Å². The van der Waals surface area contributed by atoms with Gasteiger partial charge in [0, 0.05) is 35.9 Å². The number of pyridine rings is 1. The highest BCUT2D eigenvalue weighted by atomic mass is 79.9. The van der Waals surface area contributed by atoms with Crippen molar-refractivity contribution in [2.45, 2.75) is 5.92 Å². The van der Waals surface area contributed by atoms with Gasteiger partial charge in [0.1, 0.15) is 5.65 Å². The van der Waals surface area contributed by atoms with Gasteiger partial charge < -0.3 is 9.72 Å². The quantitative estimate of drug-likeness (QED) is 0.838. The van der Waals surface area contributed by atoms with E-state index in [0.717, 1.165) is 23.2 Å². The van der Waals surface area contributed by atoms with Crippen LogP contribution in [0.2, 0.25) is 0 Å². The Bertz CT molecular complexity index is 473. The summed E-state index contributed by atoms with van der Waals surface area (Å²) < 4.78 is 3.15. The topological polar surface area (TPSA) is 29.3 Å². The molecule has 0 aromatic carbocycles. The fourth-order valence-electron chi connectivity index (χ4n) is 1.67. The Morgan fingerprint density at radius 3 is 3.07 bits per heavy atom. The van der Waals surface area contributed by atoms with Crippen LogP contribution in [-0.4, -0.2) is 22.5 Å². The van der Waals surface area contributed by atoms with E-state index < -0.39 is 0 Å². The molecule has 1 fully saturated rings. The lowest BCUT2D eigenvalue weighted by Gasteiger charge is -2.24. The molecule has 1 saturated heterocycles. The summed E-state index contributed by atoms with van der Waals surface area (Å²) in [5.74, 6) is 0.605. The molecule has 0 spiro atoms. The third-order valence-corrected chi connectivity index (χ3v) is 3.13. The fraction of sp³-hybridized carbons (Fsp3) is 0.300. The second-order valence-corrected chi connectivity index (χ2v) is 4.55. The molecule has 3 rings (SSSR count). The number of imidazole rings is 1. The molecule has 0 radical (unpaired) electrons. The summed E-state index contributed by atoms with van der Waals surface area (Å²) in [6.45, 7) is 2.12. The zero-order chi connectivity index (χ0) is 9.54. The second kappa shape index (κ2) is 3.07. The highest BCUT2D eigenvalue weighted by Crippen LogP contribution is 2.20. The largest absolute Gasteiger partial charge is 0.315 e. The van der Waals surface area contributed by atoms with E-state index in [-0.39, 0.29) is 0 Å². The maximum absolute atomic E-state index is 4.59. The highest BCUT2D eigenvalue weighted by molar-refractivity contribution is 9.10. The van der Waals surface area contributed by atoms with Crippen LogP contribution in [0, 0.1) is 0 Å². The number of hydrogen-bond acceptors (Lipinski definition) is 2. The maximum Gasteiger partial charge on any atom is 0.138 e. The second-order valence-electron chi connectivity index (χ2n) is 3.63. The lowest BCUT2D eigenvalue weighted by Crippen LogP contribution is -2.40. The first kappa shape index (κ1) is 8.44. The minimum Gasteiger partial charge on any atom is -0.315 e. The van der Waals surface area contributed by atoms with Gasteiger partial charge in [-0.3, -0.25) is 0 Å². The highest BCUT2D eigenvalue weighted by Gasteiger charge is 2.21. The van der Waals surface area contributed by atoms with Crippen LogP contribution in [0.4, 0.5) is 0 Å². The molecular weight excluding hydrogens is 242 g/mol. The van der Waals surface area contributed by atoms with Gasteiger partial charge in [0.15, 0.2) is 0 Å². The molecule has 72 valence electrons. The molecule has 1 aliphatic rings. The van der Waals surface area contributed by atoms with E-state index in [0.29, 0.717) is 5.92 Å². The molecule has 0 unspecified atom stereocenters. The summed E-state index contributed by atoms with van der Waals surface area (Å²) in [4.78, 5) is 4.59. The summed E-state index contributed by atoms with van der Waals surface area (Å²) in [6, 6.07) is 4.06. The van der Waals surface area contributed by atoms with Crippen molar-refractivity contribution in [3.8, 4) is 0 Å². The minimum absolute atomic E-state index is 0.605. The SMILES string of the molecule is Brc1ccn2cc(C3CNC3)nc2c1. The number of hydrogen-bond donors (Lipinski definition) is 1. The van der Waals surface area contributed by atoms with Crippen LogP contribution < -0.4 is 5.32 Å². The first-order valence-corrected chi connectivity index (χ1v) is 5.47. The van der Waals surface area contributed by atoms with Gasteiger partial charge in [-0.1, -0.05) is 15.9 Å². The van der Waals surface area contributed by atoms with Crippen LogP contribution in [0.1, 0.15) is 11.6 Å². The van der Waals surface area contributed by atoms with Crippen LogP contribution in [-0.2, 0) is 0 Å². The average molecular weight is 252 g/mol. The van der Waals surface area contributed by atoms with Crippen LogP contribution in [0.15, 0.2) is 29.0 Å². The van der Waals surface area contributed by atoms with E-state index in [9.17, 15) is 0 Å². The van der Waals surface area contributed by atoms with Gasteiger partial charge in [-0.2, -0.15) is 0 Å². The molecule has 2 aromatic rings. The molecule has 4 heteroatoms. The fourth-order valence-corrected chi connectivity index (χ4v) is 1.99. The predicted molar refractivity (Wildman–Crippen MR) is 58.5 cm³/mol. The molecule has 3 heterocycles. The Morgan fingerprint density at radius 2 is 2.36 bits per heavy atom.